The van der Waals surface area contributed by atoms with Crippen molar-refractivity contribution in [1.29, 1.82) is 0 Å². The first-order valence-electron chi connectivity index (χ1n) is 9.14. The second-order valence-electron chi connectivity index (χ2n) is 6.92. The van der Waals surface area contributed by atoms with E-state index in [0.29, 0.717) is 6.54 Å². The summed E-state index contributed by atoms with van der Waals surface area (Å²) < 4.78 is 0. The van der Waals surface area contributed by atoms with Gasteiger partial charge in [0.25, 0.3) is 0 Å². The highest BCUT2D eigenvalue weighted by molar-refractivity contribution is 6.01. The summed E-state index contributed by atoms with van der Waals surface area (Å²) in [5.74, 6) is 0.920. The van der Waals surface area contributed by atoms with E-state index in [1.54, 1.807) is 0 Å². The van der Waals surface area contributed by atoms with Crippen LogP contribution in [-0.4, -0.2) is 28.7 Å². The van der Waals surface area contributed by atoms with Crippen LogP contribution in [0.3, 0.4) is 0 Å². The molecule has 0 aromatic heterocycles. The van der Waals surface area contributed by atoms with Gasteiger partial charge in [-0.15, -0.1) is 0 Å². The number of nitrogens with one attached hydrogen (secondary N) is 1. The summed E-state index contributed by atoms with van der Waals surface area (Å²) in [6, 6.07) is 14.3. The Kier molecular flexibility index (Phi) is 4.33. The molecule has 2 heterocycles. The molecule has 2 aliphatic heterocycles. The van der Waals surface area contributed by atoms with Crippen LogP contribution in [0.15, 0.2) is 71.4 Å². The lowest BCUT2D eigenvalue weighted by Gasteiger charge is -2.27. The summed E-state index contributed by atoms with van der Waals surface area (Å²) in [7, 11) is 0. The monoisotopic (exact) mass is 345 g/mol. The molecule has 2 aromatic rings. The summed E-state index contributed by atoms with van der Waals surface area (Å²) in [6.45, 7) is 4.65. The largest absolute Gasteiger partial charge is 0.350 e. The zero-order valence-corrected chi connectivity index (χ0v) is 15.1. The molecule has 0 radical (unpaired) electrons. The minimum Gasteiger partial charge on any atom is -0.350 e. The van der Waals surface area contributed by atoms with Crippen LogP contribution in [0, 0.1) is 0 Å². The molecule has 2 atom stereocenters. The van der Waals surface area contributed by atoms with Crippen LogP contribution < -0.4 is 5.32 Å². The summed E-state index contributed by atoms with van der Waals surface area (Å²) in [6.07, 6.45) is 6.89. The summed E-state index contributed by atoms with van der Waals surface area (Å²) >= 11 is 0. The van der Waals surface area contributed by atoms with E-state index >= 15 is 0 Å². The molecule has 4 nitrogen and oxygen atoms in total. The highest BCUT2D eigenvalue weighted by Crippen LogP contribution is 2.25. The molecule has 1 N–H and O–H groups in total. The van der Waals surface area contributed by atoms with Gasteiger partial charge in [-0.25, -0.2) is 0 Å². The molecule has 2 unspecified atom stereocenters. The average molecular weight is 345 g/mol. The lowest BCUT2D eigenvalue weighted by Crippen LogP contribution is -2.48. The molecule has 0 bridgehead atoms. The third kappa shape index (κ3) is 3.03. The van der Waals surface area contributed by atoms with E-state index in [1.165, 1.54) is 10.8 Å². The Hall–Kier alpha value is -2.88. The molecule has 132 valence electrons. The van der Waals surface area contributed by atoms with E-state index in [-0.39, 0.29) is 18.0 Å². The first-order valence-corrected chi connectivity index (χ1v) is 9.14. The van der Waals surface area contributed by atoms with E-state index in [0.717, 1.165) is 23.4 Å². The Labute approximate surface area is 153 Å². The van der Waals surface area contributed by atoms with Gasteiger partial charge < -0.3 is 10.2 Å². The van der Waals surface area contributed by atoms with Crippen LogP contribution in [0.4, 0.5) is 0 Å². The van der Waals surface area contributed by atoms with Crippen LogP contribution in [0.5, 0.6) is 0 Å². The predicted molar refractivity (Wildman–Crippen MR) is 106 cm³/mol. The third-order valence-electron chi connectivity index (χ3n) is 5.05. The van der Waals surface area contributed by atoms with Crippen molar-refractivity contribution >= 4 is 22.5 Å². The van der Waals surface area contributed by atoms with Crippen molar-refractivity contribution in [2.75, 3.05) is 0 Å². The smallest absolute Gasteiger partial charge is 0.245 e. The van der Waals surface area contributed by atoms with Gasteiger partial charge in [0, 0.05) is 12.7 Å². The highest BCUT2D eigenvalue weighted by atomic mass is 16.2. The molecule has 0 saturated carbocycles. The number of amides is 1. The zero-order valence-electron chi connectivity index (χ0n) is 15.1. The molecule has 0 fully saturated rings. The molecule has 26 heavy (non-hydrogen) atoms. The van der Waals surface area contributed by atoms with Gasteiger partial charge in [0.05, 0.1) is 6.04 Å². The van der Waals surface area contributed by atoms with Crippen LogP contribution in [-0.2, 0) is 11.3 Å². The molecule has 4 rings (SSSR count). The van der Waals surface area contributed by atoms with Crippen LogP contribution in [0.1, 0.15) is 25.8 Å². The van der Waals surface area contributed by atoms with Crippen molar-refractivity contribution in [3.05, 3.63) is 72.0 Å². The van der Waals surface area contributed by atoms with Gasteiger partial charge >= 0.3 is 0 Å². The molecular weight excluding hydrogens is 322 g/mol. The number of aliphatic imine (C=N–C) groups is 1. The number of hydrogen-bond acceptors (Lipinski definition) is 3. The van der Waals surface area contributed by atoms with Crippen LogP contribution in [0.25, 0.3) is 10.8 Å². The number of allylic oxidation sites excluding steroid dienone is 2. The molecule has 4 heteroatoms. The third-order valence-corrected chi connectivity index (χ3v) is 5.05. The van der Waals surface area contributed by atoms with E-state index in [9.17, 15) is 4.79 Å². The Bertz CT molecular complexity index is 941. The van der Waals surface area contributed by atoms with E-state index in [2.05, 4.69) is 42.6 Å². The number of nitrogens with zero attached hydrogens (tertiary/aromatic N) is 2. The zero-order chi connectivity index (χ0) is 18.1. The SMILES string of the molecule is CCC1N=C2C=C(C)C=CN2C1C(=O)NCc1ccc2ccccc2c1. The molecule has 0 aliphatic carbocycles. The Morgan fingerprint density at radius 3 is 2.81 bits per heavy atom. The second kappa shape index (κ2) is 6.79. The molecule has 2 aliphatic rings. The standard InChI is InChI=1S/C22H23N3O/c1-3-19-21(25-11-10-15(2)12-20(25)24-19)22(26)23-14-16-8-9-17-6-4-5-7-18(17)13-16/h4-13,19,21H,3,14H2,1-2H3,(H,23,26). The van der Waals surface area contributed by atoms with E-state index in [4.69, 9.17) is 4.99 Å². The maximum atomic E-state index is 12.9. The van der Waals surface area contributed by atoms with Gasteiger partial charge in [0.1, 0.15) is 11.9 Å². The number of amidine groups is 1. The van der Waals surface area contributed by atoms with Crippen LogP contribution in [0.2, 0.25) is 0 Å². The van der Waals surface area contributed by atoms with Crippen molar-refractivity contribution in [3.63, 3.8) is 0 Å². The van der Waals surface area contributed by atoms with Crippen molar-refractivity contribution in [3.8, 4) is 0 Å². The normalized spacial score (nSPS) is 21.4. The van der Waals surface area contributed by atoms with Crippen molar-refractivity contribution in [1.82, 2.24) is 10.2 Å². The minimum absolute atomic E-state index is 0.00611. The van der Waals surface area contributed by atoms with Gasteiger partial charge in [-0.2, -0.15) is 0 Å². The van der Waals surface area contributed by atoms with E-state index < -0.39 is 0 Å². The summed E-state index contributed by atoms with van der Waals surface area (Å²) in [4.78, 5) is 19.6. The number of hydrogen-bond donors (Lipinski definition) is 1. The van der Waals surface area contributed by atoms with Crippen molar-refractivity contribution in [2.45, 2.75) is 38.9 Å². The number of fused-ring (bicyclic) bond motifs is 2. The quantitative estimate of drug-likeness (QED) is 0.916. The molecule has 0 spiro atoms. The molecule has 2 aromatic carbocycles. The predicted octanol–water partition coefficient (Wildman–Crippen LogP) is 3.79. The van der Waals surface area contributed by atoms with Crippen molar-refractivity contribution < 1.29 is 4.79 Å². The lowest BCUT2D eigenvalue weighted by atomic mass is 10.0. The highest BCUT2D eigenvalue weighted by Gasteiger charge is 2.39. The molecule has 1 amide bonds. The first-order chi connectivity index (χ1) is 12.7. The van der Waals surface area contributed by atoms with Crippen LogP contribution >= 0.6 is 0 Å². The first kappa shape index (κ1) is 16.6. The maximum Gasteiger partial charge on any atom is 0.245 e. The number of benzene rings is 2. The average Bonchev–Trinajstić information content (AvgIpc) is 3.03. The van der Waals surface area contributed by atoms with Gasteiger partial charge in [-0.05, 0) is 53.5 Å². The number of carbonyl (C=O) groups is 1. The van der Waals surface area contributed by atoms with Gasteiger partial charge in [0.2, 0.25) is 5.91 Å². The number of rotatable bonds is 4. The van der Waals surface area contributed by atoms with Crippen molar-refractivity contribution in [2.24, 2.45) is 4.99 Å². The molecular formula is C22H23N3O. The van der Waals surface area contributed by atoms with E-state index in [1.807, 2.05) is 42.3 Å². The Morgan fingerprint density at radius 1 is 1.19 bits per heavy atom. The topological polar surface area (TPSA) is 44.7 Å². The lowest BCUT2D eigenvalue weighted by molar-refractivity contribution is -0.124. The number of carbonyl (C=O) groups excluding carboxylic acids is 1. The second-order valence-corrected chi connectivity index (χ2v) is 6.92. The minimum atomic E-state index is -0.268. The maximum absolute atomic E-state index is 12.9. The summed E-state index contributed by atoms with van der Waals surface area (Å²) in [5.41, 5.74) is 2.27. The molecule has 0 saturated heterocycles. The Balaban J connectivity index is 1.48. The fourth-order valence-electron chi connectivity index (χ4n) is 3.62. The van der Waals surface area contributed by atoms with Gasteiger partial charge in [-0.1, -0.05) is 43.3 Å². The fourth-order valence-corrected chi connectivity index (χ4v) is 3.62. The Morgan fingerprint density at radius 2 is 2.00 bits per heavy atom. The fraction of sp³-hybridized carbons (Fsp3) is 0.273. The van der Waals surface area contributed by atoms with Gasteiger partial charge in [-0.3, -0.25) is 9.79 Å². The summed E-state index contributed by atoms with van der Waals surface area (Å²) in [5, 5.41) is 5.51. The van der Waals surface area contributed by atoms with Gasteiger partial charge in [0.15, 0.2) is 0 Å².